The number of benzene rings is 2. The number of hydrogen-bond donors (Lipinski definition) is 4. The molecule has 1 saturated carbocycles. The molecule has 2 heterocycles. The minimum Gasteiger partial charge on any atom is -0.379 e. The Balaban J connectivity index is 1.31. The molecular weight excluding hydrogens is 445 g/mol. The molecule has 5 atom stereocenters. The van der Waals surface area contributed by atoms with E-state index in [0.717, 1.165) is 50.3 Å². The molecule has 2 aliphatic heterocycles. The van der Waals surface area contributed by atoms with Crippen LogP contribution in [-0.4, -0.2) is 30.6 Å². The highest BCUT2D eigenvalue weighted by Gasteiger charge is 2.49. The fraction of sp³-hybridized carbons (Fsp3) is 0.440. The Bertz CT molecular complexity index is 1110. The van der Waals surface area contributed by atoms with Crippen molar-refractivity contribution in [3.63, 3.8) is 0 Å². The Kier molecular flexibility index (Phi) is 6.20. The van der Waals surface area contributed by atoms with Crippen LogP contribution in [0.1, 0.15) is 42.5 Å². The van der Waals surface area contributed by atoms with Gasteiger partial charge in [-0.25, -0.2) is 13.2 Å². The second-order valence-electron chi connectivity index (χ2n) is 9.36. The Morgan fingerprint density at radius 3 is 2.65 bits per heavy atom. The maximum Gasteiger partial charge on any atom is 0.258 e. The van der Waals surface area contributed by atoms with Crippen LogP contribution >= 0.6 is 0 Å². The number of hydrogen-bond acceptors (Lipinski definition) is 4. The third kappa shape index (κ3) is 4.24. The average molecular weight is 473 g/mol. The summed E-state index contributed by atoms with van der Waals surface area (Å²) in [5, 5.41) is 12.3. The molecule has 2 saturated heterocycles. The summed E-state index contributed by atoms with van der Waals surface area (Å²) in [7, 11) is 0. The average Bonchev–Trinajstić information content (AvgIpc) is 2.82. The third-order valence-electron chi connectivity index (χ3n) is 7.38. The van der Waals surface area contributed by atoms with Gasteiger partial charge in [0.05, 0.1) is 17.4 Å². The fourth-order valence-electron chi connectivity index (χ4n) is 5.81. The molecule has 5 unspecified atom stereocenters. The van der Waals surface area contributed by atoms with Crippen LogP contribution in [0.5, 0.6) is 0 Å². The molecule has 0 aromatic heterocycles. The van der Waals surface area contributed by atoms with E-state index in [2.05, 4.69) is 21.3 Å². The zero-order valence-electron chi connectivity index (χ0n) is 18.5. The summed E-state index contributed by atoms with van der Waals surface area (Å²) >= 11 is 0. The first kappa shape index (κ1) is 22.7. The lowest BCUT2D eigenvalue weighted by molar-refractivity contribution is -0.136. The van der Waals surface area contributed by atoms with E-state index in [9.17, 15) is 22.8 Å². The molecule has 0 radical (unpaired) electrons. The lowest BCUT2D eigenvalue weighted by Gasteiger charge is -2.51. The molecule has 0 spiro atoms. The Morgan fingerprint density at radius 1 is 1.00 bits per heavy atom. The van der Waals surface area contributed by atoms with Crippen molar-refractivity contribution in [3.05, 3.63) is 59.4 Å². The topological polar surface area (TPSA) is 82.3 Å². The number of fused-ring (bicyclic) bond motifs is 3. The smallest absolute Gasteiger partial charge is 0.258 e. The van der Waals surface area contributed by atoms with Gasteiger partial charge in [0.15, 0.2) is 11.6 Å². The molecule has 2 aromatic carbocycles. The van der Waals surface area contributed by atoms with E-state index in [0.29, 0.717) is 12.2 Å². The predicted molar refractivity (Wildman–Crippen MR) is 122 cm³/mol. The van der Waals surface area contributed by atoms with E-state index in [1.165, 1.54) is 18.2 Å². The van der Waals surface area contributed by atoms with E-state index in [-0.39, 0.29) is 41.6 Å². The van der Waals surface area contributed by atoms with Gasteiger partial charge in [0.25, 0.3) is 5.91 Å². The summed E-state index contributed by atoms with van der Waals surface area (Å²) in [6, 6.07) is 7.50. The molecule has 3 fully saturated rings. The number of amides is 2. The molecule has 180 valence electrons. The van der Waals surface area contributed by atoms with Gasteiger partial charge in [0.2, 0.25) is 5.91 Å². The lowest BCUT2D eigenvalue weighted by Crippen LogP contribution is -2.67. The minimum atomic E-state index is -1.25. The van der Waals surface area contributed by atoms with E-state index in [1.807, 2.05) is 0 Å². The van der Waals surface area contributed by atoms with Gasteiger partial charge in [0, 0.05) is 23.6 Å². The fourth-order valence-corrected chi connectivity index (χ4v) is 5.81. The van der Waals surface area contributed by atoms with Gasteiger partial charge in [-0.05, 0) is 62.1 Å². The van der Waals surface area contributed by atoms with Crippen LogP contribution < -0.4 is 21.3 Å². The molecule has 2 aromatic rings. The maximum absolute atomic E-state index is 15.0. The predicted octanol–water partition coefficient (Wildman–Crippen LogP) is 4.01. The van der Waals surface area contributed by atoms with Crippen molar-refractivity contribution in [2.45, 2.75) is 44.3 Å². The first-order chi connectivity index (χ1) is 16.4. The SMILES string of the molecule is O=C(Nc1ccc(NC2CCNC3NC(=O)C4CCCCC4C23)c(F)c1)c1cccc(F)c1F. The van der Waals surface area contributed by atoms with Crippen LogP contribution in [0.3, 0.4) is 0 Å². The molecule has 0 bridgehead atoms. The summed E-state index contributed by atoms with van der Waals surface area (Å²) in [5.74, 6) is -3.29. The summed E-state index contributed by atoms with van der Waals surface area (Å²) in [5.41, 5.74) is -0.0215. The number of carbonyl (C=O) groups is 2. The highest BCUT2D eigenvalue weighted by atomic mass is 19.2. The monoisotopic (exact) mass is 472 g/mol. The van der Waals surface area contributed by atoms with Crippen molar-refractivity contribution < 1.29 is 22.8 Å². The van der Waals surface area contributed by atoms with Crippen LogP contribution in [0, 0.1) is 35.2 Å². The van der Waals surface area contributed by atoms with Gasteiger partial charge in [-0.15, -0.1) is 0 Å². The van der Waals surface area contributed by atoms with Gasteiger partial charge in [-0.3, -0.25) is 14.9 Å². The largest absolute Gasteiger partial charge is 0.379 e. The van der Waals surface area contributed by atoms with E-state index >= 15 is 0 Å². The molecule has 6 nitrogen and oxygen atoms in total. The number of rotatable bonds is 4. The first-order valence-electron chi connectivity index (χ1n) is 11.8. The number of piperidine rings is 2. The van der Waals surface area contributed by atoms with E-state index < -0.39 is 28.9 Å². The van der Waals surface area contributed by atoms with Gasteiger partial charge in [-0.2, -0.15) is 0 Å². The van der Waals surface area contributed by atoms with Gasteiger partial charge in [-0.1, -0.05) is 18.9 Å². The van der Waals surface area contributed by atoms with Crippen molar-refractivity contribution in [1.29, 1.82) is 0 Å². The van der Waals surface area contributed by atoms with Gasteiger partial charge >= 0.3 is 0 Å². The second-order valence-corrected chi connectivity index (χ2v) is 9.36. The number of halogens is 3. The molecule has 34 heavy (non-hydrogen) atoms. The van der Waals surface area contributed by atoms with Crippen LogP contribution in [0.4, 0.5) is 24.5 Å². The Labute approximate surface area is 195 Å². The summed E-state index contributed by atoms with van der Waals surface area (Å²) in [6.07, 6.45) is 4.68. The zero-order chi connectivity index (χ0) is 23.8. The number of anilines is 2. The normalized spacial score (nSPS) is 28.3. The summed E-state index contributed by atoms with van der Waals surface area (Å²) < 4.78 is 42.3. The maximum atomic E-state index is 15.0. The van der Waals surface area contributed by atoms with Crippen molar-refractivity contribution in [3.8, 4) is 0 Å². The Hall–Kier alpha value is -3.07. The highest BCUT2D eigenvalue weighted by Crippen LogP contribution is 2.43. The van der Waals surface area contributed by atoms with Crippen LogP contribution in [0.15, 0.2) is 36.4 Å². The lowest BCUT2D eigenvalue weighted by atomic mass is 9.65. The molecule has 5 rings (SSSR count). The molecule has 1 aliphatic carbocycles. The van der Waals surface area contributed by atoms with Crippen molar-refractivity contribution >= 4 is 23.2 Å². The zero-order valence-corrected chi connectivity index (χ0v) is 18.5. The quantitative estimate of drug-likeness (QED) is 0.542. The first-order valence-corrected chi connectivity index (χ1v) is 11.8. The molecule has 2 amide bonds. The Morgan fingerprint density at radius 2 is 1.82 bits per heavy atom. The van der Waals surface area contributed by atoms with Crippen LogP contribution in [0.25, 0.3) is 0 Å². The van der Waals surface area contributed by atoms with E-state index in [4.69, 9.17) is 0 Å². The highest BCUT2D eigenvalue weighted by molar-refractivity contribution is 6.04. The molecule has 4 N–H and O–H groups in total. The van der Waals surface area contributed by atoms with Gasteiger partial charge in [0.1, 0.15) is 5.82 Å². The number of carbonyl (C=O) groups excluding carboxylic acids is 2. The van der Waals surface area contributed by atoms with Crippen LogP contribution in [0.2, 0.25) is 0 Å². The molecular formula is C25H27F3N4O2. The van der Waals surface area contributed by atoms with Crippen molar-refractivity contribution in [2.24, 2.45) is 17.8 Å². The van der Waals surface area contributed by atoms with Gasteiger partial charge < -0.3 is 16.0 Å². The van der Waals surface area contributed by atoms with E-state index in [1.54, 1.807) is 0 Å². The standard InChI is InChI=1S/C25H27F3N4O2/c26-17-7-3-6-16(22(17)28)25(34)30-13-8-9-19(18(27)12-13)31-20-10-11-29-23-21(20)14-4-1-2-5-15(14)24(33)32-23/h3,6-9,12,14-15,20-21,23,29,31H,1-2,4-5,10-11H2,(H,30,34)(H,32,33). The summed E-state index contributed by atoms with van der Waals surface area (Å²) in [4.78, 5) is 24.9. The molecule has 3 aliphatic rings. The molecule has 9 heteroatoms. The summed E-state index contributed by atoms with van der Waals surface area (Å²) in [6.45, 7) is 0.700. The van der Waals surface area contributed by atoms with Crippen molar-refractivity contribution in [2.75, 3.05) is 17.2 Å². The van der Waals surface area contributed by atoms with Crippen molar-refractivity contribution in [1.82, 2.24) is 10.6 Å². The number of nitrogens with one attached hydrogen (secondary N) is 4. The van der Waals surface area contributed by atoms with Crippen LogP contribution in [-0.2, 0) is 4.79 Å². The minimum absolute atomic E-state index is 0.00449. The second kappa shape index (κ2) is 9.29. The third-order valence-corrected chi connectivity index (χ3v) is 7.38.